The summed E-state index contributed by atoms with van der Waals surface area (Å²) in [6, 6.07) is 10.1. The summed E-state index contributed by atoms with van der Waals surface area (Å²) in [7, 11) is 0. The number of guanidine groups is 1. The summed E-state index contributed by atoms with van der Waals surface area (Å²) < 4.78 is 11.3. The van der Waals surface area contributed by atoms with Gasteiger partial charge in [-0.1, -0.05) is 24.3 Å². The number of aliphatic hydroxyl groups is 2. The summed E-state index contributed by atoms with van der Waals surface area (Å²) in [5.74, 6) is 1.44. The second-order valence-corrected chi connectivity index (χ2v) is 6.59. The lowest BCUT2D eigenvalue weighted by molar-refractivity contribution is -0.0138. The van der Waals surface area contributed by atoms with E-state index in [4.69, 9.17) is 19.6 Å². The number of benzene rings is 1. The van der Waals surface area contributed by atoms with Crippen molar-refractivity contribution in [2.45, 2.75) is 12.3 Å². The molecule has 0 aliphatic carbocycles. The van der Waals surface area contributed by atoms with Crippen molar-refractivity contribution in [1.29, 1.82) is 0 Å². The molecule has 0 radical (unpaired) electrons. The van der Waals surface area contributed by atoms with E-state index in [1.165, 1.54) is 0 Å². The molecule has 1 aromatic carbocycles. The number of fused-ring (bicyclic) bond motifs is 1. The maximum Gasteiger partial charge on any atom is 0.225 e. The maximum atomic E-state index is 9.66. The van der Waals surface area contributed by atoms with E-state index in [-0.39, 0.29) is 13.2 Å². The summed E-state index contributed by atoms with van der Waals surface area (Å²) in [4.78, 5) is 13.7. The number of aliphatic imine (C=N–C) groups is 2. The second-order valence-electron chi connectivity index (χ2n) is 6.59. The molecule has 27 heavy (non-hydrogen) atoms. The summed E-state index contributed by atoms with van der Waals surface area (Å²) in [6.07, 6.45) is 0.577. The van der Waals surface area contributed by atoms with Crippen LogP contribution in [0.4, 0.5) is 5.69 Å². The Kier molecular flexibility index (Phi) is 5.49. The number of amidine groups is 1. The first-order chi connectivity index (χ1) is 13.3. The topological polar surface area (TPSA) is 90.1 Å². The molecule has 2 N–H and O–H groups in total. The van der Waals surface area contributed by atoms with E-state index in [0.717, 1.165) is 30.2 Å². The Balaban J connectivity index is 1.61. The number of hydrogen-bond acceptors (Lipinski definition) is 8. The summed E-state index contributed by atoms with van der Waals surface area (Å²) in [6.45, 7) is 3.10. The van der Waals surface area contributed by atoms with Gasteiger partial charge in [-0.2, -0.15) is 4.99 Å². The highest BCUT2D eigenvalue weighted by Gasteiger charge is 2.34. The number of anilines is 1. The third-order valence-electron chi connectivity index (χ3n) is 4.73. The van der Waals surface area contributed by atoms with Crippen LogP contribution in [0.25, 0.3) is 0 Å². The fourth-order valence-electron chi connectivity index (χ4n) is 3.29. The van der Waals surface area contributed by atoms with Crippen molar-refractivity contribution < 1.29 is 19.7 Å². The van der Waals surface area contributed by atoms with Crippen molar-refractivity contribution in [3.8, 4) is 0 Å². The van der Waals surface area contributed by atoms with E-state index in [1.807, 2.05) is 30.3 Å². The van der Waals surface area contributed by atoms with Crippen LogP contribution < -0.4 is 4.90 Å². The van der Waals surface area contributed by atoms with E-state index < -0.39 is 12.3 Å². The minimum absolute atomic E-state index is 0.0109. The van der Waals surface area contributed by atoms with Gasteiger partial charge in [0.15, 0.2) is 6.23 Å². The third-order valence-corrected chi connectivity index (χ3v) is 4.73. The molecular weight excluding hydrogens is 348 g/mol. The third kappa shape index (κ3) is 3.89. The number of ether oxygens (including phenoxy) is 2. The van der Waals surface area contributed by atoms with E-state index in [1.54, 1.807) is 0 Å². The molecule has 4 rings (SSSR count). The fourth-order valence-corrected chi connectivity index (χ4v) is 3.29. The molecule has 3 aliphatic heterocycles. The van der Waals surface area contributed by atoms with Crippen molar-refractivity contribution in [1.82, 2.24) is 4.90 Å². The fraction of sp³-hybridized carbons (Fsp3) is 0.474. The molecule has 8 heteroatoms. The average molecular weight is 372 g/mol. The zero-order chi connectivity index (χ0) is 18.6. The van der Waals surface area contributed by atoms with Gasteiger partial charge in [0.25, 0.3) is 0 Å². The molecule has 2 atom stereocenters. The molecule has 0 saturated carbocycles. The Morgan fingerprint density at radius 1 is 1.22 bits per heavy atom. The zero-order valence-corrected chi connectivity index (χ0v) is 15.1. The van der Waals surface area contributed by atoms with Crippen molar-refractivity contribution in [3.63, 3.8) is 0 Å². The smallest absolute Gasteiger partial charge is 0.225 e. The number of para-hydroxylation sites is 1. The molecule has 0 spiro atoms. The molecule has 144 valence electrons. The lowest BCUT2D eigenvalue weighted by Crippen LogP contribution is -2.44. The van der Waals surface area contributed by atoms with Gasteiger partial charge in [-0.05, 0) is 12.1 Å². The quantitative estimate of drug-likeness (QED) is 0.769. The van der Waals surface area contributed by atoms with Crippen molar-refractivity contribution in [2.75, 3.05) is 51.0 Å². The van der Waals surface area contributed by atoms with Gasteiger partial charge < -0.3 is 29.5 Å². The molecule has 8 nitrogen and oxygen atoms in total. The molecular formula is C19H24N4O4. The highest BCUT2D eigenvalue weighted by atomic mass is 16.5. The number of hydrogen-bond donors (Lipinski definition) is 2. The molecule has 1 aromatic rings. The lowest BCUT2D eigenvalue weighted by Gasteiger charge is -2.32. The van der Waals surface area contributed by atoms with Crippen LogP contribution in [0.15, 0.2) is 52.0 Å². The molecule has 1 fully saturated rings. The van der Waals surface area contributed by atoms with Gasteiger partial charge in [0.1, 0.15) is 11.9 Å². The average Bonchev–Trinajstić information content (AvgIpc) is 3.17. The van der Waals surface area contributed by atoms with Gasteiger partial charge in [0, 0.05) is 30.9 Å². The van der Waals surface area contributed by atoms with Gasteiger partial charge in [-0.25, -0.2) is 4.99 Å². The largest absolute Gasteiger partial charge is 0.394 e. The van der Waals surface area contributed by atoms with E-state index in [2.05, 4.69) is 20.9 Å². The monoisotopic (exact) mass is 372 g/mol. The number of morpholine rings is 1. The molecule has 0 bridgehead atoms. The van der Waals surface area contributed by atoms with Crippen LogP contribution in [0.2, 0.25) is 0 Å². The van der Waals surface area contributed by atoms with Gasteiger partial charge in [0.05, 0.1) is 26.4 Å². The highest BCUT2D eigenvalue weighted by molar-refractivity contribution is 6.18. The minimum atomic E-state index is -0.929. The Morgan fingerprint density at radius 3 is 2.74 bits per heavy atom. The first kappa shape index (κ1) is 18.1. The predicted octanol–water partition coefficient (Wildman–Crippen LogP) is 0.229. The van der Waals surface area contributed by atoms with Crippen molar-refractivity contribution in [2.24, 2.45) is 9.98 Å². The van der Waals surface area contributed by atoms with Crippen molar-refractivity contribution >= 4 is 17.5 Å². The van der Waals surface area contributed by atoms with E-state index >= 15 is 0 Å². The second kappa shape index (κ2) is 8.18. The first-order valence-electron chi connectivity index (χ1n) is 9.19. The number of nitrogens with zero attached hydrogens (tertiary/aromatic N) is 4. The Labute approximate surface area is 158 Å². The van der Waals surface area contributed by atoms with Gasteiger partial charge in [-0.3, -0.25) is 0 Å². The molecule has 2 unspecified atom stereocenters. The van der Waals surface area contributed by atoms with Crippen LogP contribution in [0.1, 0.15) is 0 Å². The summed E-state index contributed by atoms with van der Waals surface area (Å²) in [5.41, 5.74) is 1.95. The highest BCUT2D eigenvalue weighted by Crippen LogP contribution is 2.29. The lowest BCUT2D eigenvalue weighted by atomic mass is 10.2. The normalized spacial score (nSPS) is 23.5. The molecule has 3 heterocycles. The molecule has 3 aliphatic rings. The van der Waals surface area contributed by atoms with E-state index in [9.17, 15) is 5.11 Å². The maximum absolute atomic E-state index is 9.66. The van der Waals surface area contributed by atoms with Crippen LogP contribution >= 0.6 is 0 Å². The summed E-state index contributed by atoms with van der Waals surface area (Å²) in [5, 5.41) is 18.7. The van der Waals surface area contributed by atoms with Crippen LogP contribution in [0, 0.1) is 0 Å². The van der Waals surface area contributed by atoms with Gasteiger partial charge in [0.2, 0.25) is 5.96 Å². The van der Waals surface area contributed by atoms with Crippen LogP contribution in [0.5, 0.6) is 0 Å². The van der Waals surface area contributed by atoms with Gasteiger partial charge in [-0.15, -0.1) is 0 Å². The van der Waals surface area contributed by atoms with Crippen LogP contribution in [0.3, 0.4) is 0 Å². The van der Waals surface area contributed by atoms with Crippen LogP contribution in [-0.2, 0) is 9.47 Å². The Hall–Kier alpha value is -2.26. The molecule has 0 amide bonds. The number of aliphatic hydroxyl groups excluding tert-OH is 2. The molecule has 1 saturated heterocycles. The Bertz CT molecular complexity index is 743. The van der Waals surface area contributed by atoms with Crippen molar-refractivity contribution in [3.05, 3.63) is 42.0 Å². The predicted molar refractivity (Wildman–Crippen MR) is 102 cm³/mol. The number of rotatable bonds is 5. The van der Waals surface area contributed by atoms with Crippen LogP contribution in [-0.4, -0.2) is 85.3 Å². The SMILES string of the molecule is OCC(O)COC1N=C(N2CCOCC2)N=C2C1=CCN2c1ccccc1. The zero-order valence-electron chi connectivity index (χ0n) is 15.1. The minimum Gasteiger partial charge on any atom is -0.394 e. The van der Waals surface area contributed by atoms with Gasteiger partial charge >= 0.3 is 0 Å². The molecule has 0 aromatic heterocycles. The first-order valence-corrected chi connectivity index (χ1v) is 9.19. The summed E-state index contributed by atoms with van der Waals surface area (Å²) >= 11 is 0. The standard InChI is InChI=1S/C19H24N4O4/c24-12-15(25)13-27-18-16-6-7-23(14-4-2-1-3-5-14)17(16)20-19(21-18)22-8-10-26-11-9-22/h1-6,15,18,24-25H,7-13H2. The van der Waals surface area contributed by atoms with E-state index in [0.29, 0.717) is 25.7 Å². The Morgan fingerprint density at radius 2 is 2.00 bits per heavy atom.